The molecular weight excluding hydrogens is 302 g/mol. The topological polar surface area (TPSA) is 69.2 Å². The third kappa shape index (κ3) is 2.93. The molecule has 2 aromatic rings. The zero-order valence-corrected chi connectivity index (χ0v) is 14.0. The molecule has 1 aromatic heterocycles. The van der Waals surface area contributed by atoms with Crippen molar-refractivity contribution in [1.29, 1.82) is 0 Å². The smallest absolute Gasteiger partial charge is 0.226 e. The monoisotopic (exact) mass is 327 g/mol. The molecule has 4 rings (SSSR count). The second kappa shape index (κ2) is 6.20. The van der Waals surface area contributed by atoms with E-state index in [-0.39, 0.29) is 18.4 Å². The Balaban J connectivity index is 1.52. The zero-order valence-electron chi connectivity index (χ0n) is 14.0. The van der Waals surface area contributed by atoms with E-state index in [0.717, 1.165) is 61.9 Å². The maximum atomic E-state index is 12.8. The largest absolute Gasteiger partial charge is 0.389 e. The average Bonchev–Trinajstić information content (AvgIpc) is 3.21. The highest BCUT2D eigenvalue weighted by atomic mass is 16.3. The van der Waals surface area contributed by atoms with Gasteiger partial charge in [0.1, 0.15) is 5.82 Å². The summed E-state index contributed by atoms with van der Waals surface area (Å²) < 4.78 is 0. The number of rotatable bonds is 3. The first-order chi connectivity index (χ1) is 11.6. The lowest BCUT2D eigenvalue weighted by Crippen LogP contribution is -2.40. The van der Waals surface area contributed by atoms with Crippen LogP contribution in [-0.4, -0.2) is 38.0 Å². The summed E-state index contributed by atoms with van der Waals surface area (Å²) in [5.41, 5.74) is 1.16. The van der Waals surface area contributed by atoms with Crippen LogP contribution in [-0.2, 0) is 4.79 Å². The standard InChI is InChI=1S/C19H25N3O2/c23-17(13-19(24)10-4-1-5-11-19)22-12-6-9-16(22)18-20-14-7-2-3-8-15(14)21-18/h2-3,7-8,16,24H,1,4-6,9-13H2,(H,20,21). The van der Waals surface area contributed by atoms with E-state index in [0.29, 0.717) is 0 Å². The number of hydrogen-bond acceptors (Lipinski definition) is 3. The highest BCUT2D eigenvalue weighted by Gasteiger charge is 2.37. The number of benzene rings is 1. The maximum Gasteiger partial charge on any atom is 0.226 e. The number of amides is 1. The van der Waals surface area contributed by atoms with Gasteiger partial charge in [-0.2, -0.15) is 0 Å². The van der Waals surface area contributed by atoms with Crippen molar-refractivity contribution in [2.45, 2.75) is 63.0 Å². The van der Waals surface area contributed by atoms with E-state index in [4.69, 9.17) is 0 Å². The summed E-state index contributed by atoms with van der Waals surface area (Å²) in [7, 11) is 0. The van der Waals surface area contributed by atoms with Crippen LogP contribution in [0.3, 0.4) is 0 Å². The number of H-pyrrole nitrogens is 1. The predicted octanol–water partition coefficient (Wildman–Crippen LogP) is 3.31. The Labute approximate surface area is 142 Å². The quantitative estimate of drug-likeness (QED) is 0.908. The van der Waals surface area contributed by atoms with E-state index in [1.807, 2.05) is 29.2 Å². The molecule has 0 bridgehead atoms. The first kappa shape index (κ1) is 15.6. The van der Waals surface area contributed by atoms with Crippen molar-refractivity contribution in [2.75, 3.05) is 6.54 Å². The molecule has 2 N–H and O–H groups in total. The molecule has 5 heteroatoms. The van der Waals surface area contributed by atoms with Gasteiger partial charge in [0.25, 0.3) is 0 Å². The molecule has 2 fully saturated rings. The molecule has 0 spiro atoms. The van der Waals surface area contributed by atoms with Crippen LogP contribution in [0, 0.1) is 0 Å². The Morgan fingerprint density at radius 2 is 2.04 bits per heavy atom. The number of nitrogens with zero attached hydrogens (tertiary/aromatic N) is 2. The summed E-state index contributed by atoms with van der Waals surface area (Å²) in [5, 5.41) is 10.7. The van der Waals surface area contributed by atoms with Gasteiger partial charge in [0, 0.05) is 6.54 Å². The van der Waals surface area contributed by atoms with E-state index in [9.17, 15) is 9.90 Å². The molecule has 2 heterocycles. The molecule has 128 valence electrons. The molecule has 1 aliphatic heterocycles. The molecule has 24 heavy (non-hydrogen) atoms. The van der Waals surface area contributed by atoms with Gasteiger partial charge in [-0.05, 0) is 37.8 Å². The summed E-state index contributed by atoms with van der Waals surface area (Å²) in [4.78, 5) is 22.8. The van der Waals surface area contributed by atoms with Crippen molar-refractivity contribution in [3.8, 4) is 0 Å². The van der Waals surface area contributed by atoms with Crippen molar-refractivity contribution in [1.82, 2.24) is 14.9 Å². The van der Waals surface area contributed by atoms with Crippen LogP contribution < -0.4 is 0 Å². The van der Waals surface area contributed by atoms with Crippen molar-refractivity contribution >= 4 is 16.9 Å². The van der Waals surface area contributed by atoms with Crippen LogP contribution in [0.4, 0.5) is 0 Å². The number of hydrogen-bond donors (Lipinski definition) is 2. The molecule has 1 aromatic carbocycles. The number of para-hydroxylation sites is 2. The van der Waals surface area contributed by atoms with Crippen LogP contribution in [0.25, 0.3) is 11.0 Å². The second-order valence-corrected chi connectivity index (χ2v) is 7.35. The SMILES string of the molecule is O=C(CC1(O)CCCCC1)N1CCCC1c1nc2ccccc2[nH]1. The summed E-state index contributed by atoms with van der Waals surface area (Å²) in [6.45, 7) is 0.761. The fraction of sp³-hybridized carbons (Fsp3) is 0.579. The van der Waals surface area contributed by atoms with E-state index >= 15 is 0 Å². The van der Waals surface area contributed by atoms with E-state index < -0.39 is 5.60 Å². The lowest BCUT2D eigenvalue weighted by atomic mass is 9.82. The van der Waals surface area contributed by atoms with Crippen molar-refractivity contribution in [2.24, 2.45) is 0 Å². The summed E-state index contributed by atoms with van der Waals surface area (Å²) in [6.07, 6.45) is 6.90. The molecule has 1 saturated heterocycles. The molecule has 1 amide bonds. The molecule has 1 atom stereocenters. The fourth-order valence-electron chi connectivity index (χ4n) is 4.25. The number of carbonyl (C=O) groups excluding carboxylic acids is 1. The molecular formula is C19H25N3O2. The molecule has 1 aliphatic carbocycles. The van der Waals surface area contributed by atoms with Crippen molar-refractivity contribution in [3.05, 3.63) is 30.1 Å². The molecule has 1 unspecified atom stereocenters. The third-order valence-electron chi connectivity index (χ3n) is 5.56. The van der Waals surface area contributed by atoms with Gasteiger partial charge in [0.2, 0.25) is 5.91 Å². The maximum absolute atomic E-state index is 12.8. The number of aromatic amines is 1. The number of imidazole rings is 1. The third-order valence-corrected chi connectivity index (χ3v) is 5.56. The van der Waals surface area contributed by atoms with Crippen LogP contribution in [0.2, 0.25) is 0 Å². The lowest BCUT2D eigenvalue weighted by molar-refractivity contribution is -0.138. The lowest BCUT2D eigenvalue weighted by Gasteiger charge is -2.34. The number of carbonyl (C=O) groups is 1. The van der Waals surface area contributed by atoms with Gasteiger partial charge in [0.15, 0.2) is 0 Å². The van der Waals surface area contributed by atoms with Gasteiger partial charge >= 0.3 is 0 Å². The van der Waals surface area contributed by atoms with Gasteiger partial charge in [-0.15, -0.1) is 0 Å². The van der Waals surface area contributed by atoms with Crippen LogP contribution in [0.1, 0.15) is 63.2 Å². The minimum Gasteiger partial charge on any atom is -0.389 e. The van der Waals surface area contributed by atoms with Gasteiger partial charge in [-0.3, -0.25) is 4.79 Å². The fourth-order valence-corrected chi connectivity index (χ4v) is 4.25. The van der Waals surface area contributed by atoms with E-state index in [2.05, 4.69) is 9.97 Å². The normalized spacial score (nSPS) is 23.7. The van der Waals surface area contributed by atoms with Crippen molar-refractivity contribution in [3.63, 3.8) is 0 Å². The van der Waals surface area contributed by atoms with E-state index in [1.54, 1.807) is 0 Å². The first-order valence-corrected chi connectivity index (χ1v) is 9.11. The highest BCUT2D eigenvalue weighted by molar-refractivity contribution is 5.79. The Hall–Kier alpha value is -1.88. The first-order valence-electron chi connectivity index (χ1n) is 9.11. The Morgan fingerprint density at radius 1 is 1.25 bits per heavy atom. The Bertz CT molecular complexity index is 700. The van der Waals surface area contributed by atoms with E-state index in [1.165, 1.54) is 6.42 Å². The number of nitrogens with one attached hydrogen (secondary N) is 1. The van der Waals surface area contributed by atoms with Crippen molar-refractivity contribution < 1.29 is 9.90 Å². The summed E-state index contributed by atoms with van der Waals surface area (Å²) >= 11 is 0. The number of aliphatic hydroxyl groups is 1. The average molecular weight is 327 g/mol. The van der Waals surface area contributed by atoms with Crippen LogP contribution in [0.5, 0.6) is 0 Å². The number of fused-ring (bicyclic) bond motifs is 1. The minimum atomic E-state index is -0.795. The number of likely N-dealkylation sites (tertiary alicyclic amines) is 1. The van der Waals surface area contributed by atoms with Gasteiger partial charge < -0.3 is 15.0 Å². The Kier molecular flexibility index (Phi) is 4.04. The summed E-state index contributed by atoms with van der Waals surface area (Å²) in [6, 6.07) is 7.97. The van der Waals surface area contributed by atoms with Crippen LogP contribution >= 0.6 is 0 Å². The van der Waals surface area contributed by atoms with Gasteiger partial charge in [-0.25, -0.2) is 4.98 Å². The predicted molar refractivity (Wildman–Crippen MR) is 92.4 cm³/mol. The van der Waals surface area contributed by atoms with Gasteiger partial charge in [0.05, 0.1) is 29.1 Å². The van der Waals surface area contributed by atoms with Gasteiger partial charge in [-0.1, -0.05) is 31.4 Å². The molecule has 5 nitrogen and oxygen atoms in total. The minimum absolute atomic E-state index is 0.0112. The molecule has 1 saturated carbocycles. The Morgan fingerprint density at radius 3 is 2.83 bits per heavy atom. The molecule has 0 radical (unpaired) electrons. The van der Waals surface area contributed by atoms with Crippen LogP contribution in [0.15, 0.2) is 24.3 Å². The summed E-state index contributed by atoms with van der Waals surface area (Å²) in [5.74, 6) is 0.944. The second-order valence-electron chi connectivity index (χ2n) is 7.35. The molecule has 2 aliphatic rings. The highest BCUT2D eigenvalue weighted by Crippen LogP contribution is 2.36. The zero-order chi connectivity index (χ0) is 16.6. The number of aromatic nitrogens is 2.